The van der Waals surface area contributed by atoms with Crippen LogP contribution in [0.3, 0.4) is 0 Å². The summed E-state index contributed by atoms with van der Waals surface area (Å²) >= 11 is 5.26. The first-order valence-electron chi connectivity index (χ1n) is 9.11. The molecule has 33 heavy (non-hydrogen) atoms. The van der Waals surface area contributed by atoms with Crippen LogP contribution in [0.15, 0.2) is 59.8 Å². The molecule has 0 saturated heterocycles. The third kappa shape index (κ3) is 6.02. The maximum absolute atomic E-state index is 12.6. The van der Waals surface area contributed by atoms with Crippen LogP contribution in [0.4, 0.5) is 22.9 Å². The summed E-state index contributed by atoms with van der Waals surface area (Å²) in [5.41, 5.74) is 0.808. The third-order valence-electron chi connectivity index (χ3n) is 4.16. The zero-order valence-corrected chi connectivity index (χ0v) is 18.9. The van der Waals surface area contributed by atoms with Gasteiger partial charge < -0.3 is 20.1 Å². The Balaban J connectivity index is 1.67. The van der Waals surface area contributed by atoms with E-state index < -0.39 is 14.9 Å². The topological polar surface area (TPSA) is 158 Å². The number of methoxy groups -OCH3 is 2. The lowest BCUT2D eigenvalue weighted by molar-refractivity contribution is -0.384. The molecule has 1 aromatic heterocycles. The molecule has 0 bridgehead atoms. The SMILES string of the molecule is COc1cc(NS(=O)(=O)c2ccc(NC(=S)Nc3ccc([N+](=O)[O-])cc3OC)cc2)ncn1. The van der Waals surface area contributed by atoms with Crippen LogP contribution in [0.2, 0.25) is 0 Å². The maximum Gasteiger partial charge on any atom is 0.273 e. The lowest BCUT2D eigenvalue weighted by Crippen LogP contribution is -2.19. The number of hydrogen-bond acceptors (Lipinski definition) is 9. The Morgan fingerprint density at radius 1 is 1.03 bits per heavy atom. The van der Waals surface area contributed by atoms with E-state index in [1.807, 2.05) is 0 Å². The average molecular weight is 491 g/mol. The highest BCUT2D eigenvalue weighted by Crippen LogP contribution is 2.29. The summed E-state index contributed by atoms with van der Waals surface area (Å²) in [6, 6.07) is 11.2. The molecule has 0 spiro atoms. The quantitative estimate of drug-likeness (QED) is 0.242. The van der Waals surface area contributed by atoms with Crippen molar-refractivity contribution in [3.63, 3.8) is 0 Å². The molecule has 0 radical (unpaired) electrons. The van der Waals surface area contributed by atoms with Crippen LogP contribution in [0.5, 0.6) is 11.6 Å². The van der Waals surface area contributed by atoms with Crippen molar-refractivity contribution in [3.05, 3.63) is 65.0 Å². The molecular weight excluding hydrogens is 472 g/mol. The summed E-state index contributed by atoms with van der Waals surface area (Å²) in [6.45, 7) is 0. The first-order valence-corrected chi connectivity index (χ1v) is 11.0. The predicted octanol–water partition coefficient (Wildman–Crippen LogP) is 3.01. The normalized spacial score (nSPS) is 10.7. The molecule has 14 heteroatoms. The van der Waals surface area contributed by atoms with Crippen LogP contribution in [-0.4, -0.2) is 42.6 Å². The van der Waals surface area contributed by atoms with Crippen molar-refractivity contribution in [1.82, 2.24) is 9.97 Å². The number of nitro benzene ring substituents is 1. The standard InChI is InChI=1S/C19H18N6O6S2/c1-30-16-9-13(25(26)27)5-8-15(16)23-19(32)22-12-3-6-14(7-4-12)33(28,29)24-17-10-18(31-2)21-11-20-17/h3-11H,1-2H3,(H,20,21,24)(H2,22,23,32). The number of sulfonamides is 1. The van der Waals surface area contributed by atoms with Gasteiger partial charge in [0.2, 0.25) is 5.88 Å². The molecule has 0 aliphatic carbocycles. The van der Waals surface area contributed by atoms with Gasteiger partial charge in [0.15, 0.2) is 5.11 Å². The minimum atomic E-state index is -3.90. The summed E-state index contributed by atoms with van der Waals surface area (Å²) in [6.07, 6.45) is 1.18. The van der Waals surface area contributed by atoms with Gasteiger partial charge in [-0.2, -0.15) is 0 Å². The number of nitrogens with zero attached hydrogens (tertiary/aromatic N) is 3. The number of nitrogens with one attached hydrogen (secondary N) is 3. The minimum absolute atomic E-state index is 0.00143. The van der Waals surface area contributed by atoms with Crippen LogP contribution in [-0.2, 0) is 10.0 Å². The van der Waals surface area contributed by atoms with E-state index in [0.717, 1.165) is 0 Å². The largest absolute Gasteiger partial charge is 0.494 e. The van der Waals surface area contributed by atoms with Gasteiger partial charge in [-0.25, -0.2) is 18.4 Å². The molecule has 0 atom stereocenters. The fourth-order valence-electron chi connectivity index (χ4n) is 2.60. The Kier molecular flexibility index (Phi) is 7.20. The molecule has 12 nitrogen and oxygen atoms in total. The van der Waals surface area contributed by atoms with Gasteiger partial charge in [0.25, 0.3) is 15.7 Å². The molecule has 0 aliphatic rings. The van der Waals surface area contributed by atoms with Crippen molar-refractivity contribution in [1.29, 1.82) is 0 Å². The Labute approximate surface area is 194 Å². The Hall–Kier alpha value is -4.04. The molecule has 0 fully saturated rings. The predicted molar refractivity (Wildman–Crippen MR) is 125 cm³/mol. The smallest absolute Gasteiger partial charge is 0.273 e. The second kappa shape index (κ2) is 10.1. The zero-order chi connectivity index (χ0) is 24.0. The number of rotatable bonds is 8. The maximum atomic E-state index is 12.6. The van der Waals surface area contributed by atoms with Gasteiger partial charge in [-0.1, -0.05) is 0 Å². The molecule has 2 aromatic carbocycles. The molecule has 0 aliphatic heterocycles. The number of hydrogen-bond donors (Lipinski definition) is 3. The van der Waals surface area contributed by atoms with E-state index in [-0.39, 0.29) is 33.1 Å². The second-order valence-electron chi connectivity index (χ2n) is 6.30. The van der Waals surface area contributed by atoms with Crippen molar-refractivity contribution in [3.8, 4) is 11.6 Å². The molecular formula is C19H18N6O6S2. The summed E-state index contributed by atoms with van der Waals surface area (Å²) in [4.78, 5) is 18.1. The van der Waals surface area contributed by atoms with Crippen LogP contribution in [0.25, 0.3) is 0 Å². The van der Waals surface area contributed by atoms with Gasteiger partial charge in [0.05, 0.1) is 35.8 Å². The van der Waals surface area contributed by atoms with Crippen LogP contribution in [0.1, 0.15) is 0 Å². The molecule has 0 saturated carbocycles. The summed E-state index contributed by atoms with van der Waals surface area (Å²) in [7, 11) is -1.11. The minimum Gasteiger partial charge on any atom is -0.494 e. The number of non-ortho nitro benzene ring substituents is 1. The summed E-state index contributed by atoms with van der Waals surface area (Å²) < 4.78 is 37.6. The number of benzene rings is 2. The second-order valence-corrected chi connectivity index (χ2v) is 8.39. The number of ether oxygens (including phenoxy) is 2. The summed E-state index contributed by atoms with van der Waals surface area (Å²) in [5, 5.41) is 16.9. The first-order chi connectivity index (χ1) is 15.7. The van der Waals surface area contributed by atoms with E-state index in [4.69, 9.17) is 21.7 Å². The van der Waals surface area contributed by atoms with E-state index in [2.05, 4.69) is 25.3 Å². The lowest BCUT2D eigenvalue weighted by Gasteiger charge is -2.14. The molecule has 0 unspecified atom stereocenters. The fraction of sp³-hybridized carbons (Fsp3) is 0.105. The number of aromatic nitrogens is 2. The molecule has 3 N–H and O–H groups in total. The van der Waals surface area contributed by atoms with Crippen LogP contribution >= 0.6 is 12.2 Å². The van der Waals surface area contributed by atoms with Gasteiger partial charge in [0.1, 0.15) is 17.9 Å². The van der Waals surface area contributed by atoms with Crippen molar-refractivity contribution >= 4 is 50.2 Å². The third-order valence-corrected chi connectivity index (χ3v) is 5.73. The van der Waals surface area contributed by atoms with E-state index in [9.17, 15) is 18.5 Å². The molecule has 0 amide bonds. The van der Waals surface area contributed by atoms with Crippen LogP contribution in [0, 0.1) is 10.1 Å². The van der Waals surface area contributed by atoms with Crippen LogP contribution < -0.4 is 24.8 Å². The molecule has 3 rings (SSSR count). The fourth-order valence-corrected chi connectivity index (χ4v) is 3.83. The van der Waals surface area contributed by atoms with Crippen molar-refractivity contribution in [2.75, 3.05) is 29.6 Å². The van der Waals surface area contributed by atoms with Gasteiger partial charge in [-0.05, 0) is 42.5 Å². The van der Waals surface area contributed by atoms with Crippen molar-refractivity contribution in [2.24, 2.45) is 0 Å². The van der Waals surface area contributed by atoms with Crippen molar-refractivity contribution < 1.29 is 22.8 Å². The zero-order valence-electron chi connectivity index (χ0n) is 17.3. The number of nitro groups is 1. The molecule has 1 heterocycles. The van der Waals surface area contributed by atoms with E-state index in [0.29, 0.717) is 11.4 Å². The van der Waals surface area contributed by atoms with Gasteiger partial charge in [-0.15, -0.1) is 0 Å². The highest BCUT2D eigenvalue weighted by Gasteiger charge is 2.16. The molecule has 172 valence electrons. The Morgan fingerprint density at radius 2 is 1.76 bits per heavy atom. The lowest BCUT2D eigenvalue weighted by atomic mass is 10.2. The monoisotopic (exact) mass is 490 g/mol. The van der Waals surface area contributed by atoms with Gasteiger partial charge in [0, 0.05) is 17.8 Å². The number of thiocarbonyl (C=S) groups is 1. The Morgan fingerprint density at radius 3 is 2.39 bits per heavy atom. The van der Waals surface area contributed by atoms with E-state index in [1.54, 1.807) is 0 Å². The number of anilines is 3. The van der Waals surface area contributed by atoms with E-state index >= 15 is 0 Å². The van der Waals surface area contributed by atoms with Gasteiger partial charge in [-0.3, -0.25) is 14.8 Å². The summed E-state index contributed by atoms with van der Waals surface area (Å²) in [5.74, 6) is 0.515. The van der Waals surface area contributed by atoms with E-state index in [1.165, 1.54) is 69.1 Å². The molecule has 3 aromatic rings. The highest BCUT2D eigenvalue weighted by atomic mass is 32.2. The Bertz CT molecular complexity index is 1280. The van der Waals surface area contributed by atoms with Crippen molar-refractivity contribution in [2.45, 2.75) is 4.90 Å². The average Bonchev–Trinajstić information content (AvgIpc) is 2.79. The van der Waals surface area contributed by atoms with Gasteiger partial charge >= 0.3 is 0 Å². The highest BCUT2D eigenvalue weighted by molar-refractivity contribution is 7.92. The first kappa shape index (κ1) is 23.6.